The number of hydrogen-bond donors (Lipinski definition) is 1. The summed E-state index contributed by atoms with van der Waals surface area (Å²) in [5.74, 6) is 0.769. The van der Waals surface area contributed by atoms with E-state index in [9.17, 15) is 4.79 Å². The summed E-state index contributed by atoms with van der Waals surface area (Å²) in [5.41, 5.74) is 0. The molecule has 0 fully saturated rings. The van der Waals surface area contributed by atoms with Crippen molar-refractivity contribution in [1.29, 1.82) is 0 Å². The molecule has 0 heterocycles. The molecule has 2 nitrogen and oxygen atoms in total. The van der Waals surface area contributed by atoms with E-state index in [0.29, 0.717) is 31.0 Å². The lowest BCUT2D eigenvalue weighted by Crippen LogP contribution is -2.09. The van der Waals surface area contributed by atoms with E-state index in [0.717, 1.165) is 6.42 Å². The van der Waals surface area contributed by atoms with E-state index in [4.69, 9.17) is 5.11 Å². The molecule has 1 atom stereocenters. The number of carbonyl (C=O) groups excluding carboxylic acids is 1. The zero-order chi connectivity index (χ0) is 9.52. The predicted molar refractivity (Wildman–Crippen MR) is 52.4 cm³/mol. The van der Waals surface area contributed by atoms with Crippen molar-refractivity contribution < 1.29 is 9.90 Å². The van der Waals surface area contributed by atoms with Crippen LogP contribution in [0.3, 0.4) is 0 Å². The molecule has 0 saturated heterocycles. The largest absolute Gasteiger partial charge is 0.396 e. The monoisotopic (exact) mass is 182 g/mol. The maximum Gasteiger partial charge on any atom is 0.133 e. The van der Waals surface area contributed by atoms with Crippen molar-refractivity contribution in [2.24, 2.45) is 5.92 Å². The Morgan fingerprint density at radius 3 is 3.00 bits per heavy atom. The lowest BCUT2D eigenvalue weighted by Gasteiger charge is -2.14. The lowest BCUT2D eigenvalue weighted by molar-refractivity contribution is -0.120. The number of hydrogen-bond acceptors (Lipinski definition) is 2. The van der Waals surface area contributed by atoms with Gasteiger partial charge < -0.3 is 5.11 Å². The van der Waals surface area contributed by atoms with Gasteiger partial charge in [0.05, 0.1) is 0 Å². The van der Waals surface area contributed by atoms with Crippen LogP contribution >= 0.6 is 0 Å². The van der Waals surface area contributed by atoms with Crippen molar-refractivity contribution in [3.63, 3.8) is 0 Å². The molecule has 1 N–H and O–H groups in total. The Balaban J connectivity index is 2.18. The van der Waals surface area contributed by atoms with Crippen LogP contribution in [-0.4, -0.2) is 17.5 Å². The molecule has 0 bridgehead atoms. The van der Waals surface area contributed by atoms with Gasteiger partial charge in [-0.25, -0.2) is 0 Å². The SMILES string of the molecule is O=C(CCCO)CC1C=CCCC1. The zero-order valence-corrected chi connectivity index (χ0v) is 8.04. The Hall–Kier alpha value is -0.630. The van der Waals surface area contributed by atoms with Gasteiger partial charge in [-0.1, -0.05) is 12.2 Å². The van der Waals surface area contributed by atoms with E-state index < -0.39 is 0 Å². The Morgan fingerprint density at radius 2 is 2.38 bits per heavy atom. The second-order valence-electron chi connectivity index (χ2n) is 3.69. The van der Waals surface area contributed by atoms with Gasteiger partial charge in [0.25, 0.3) is 0 Å². The number of allylic oxidation sites excluding steroid dienone is 2. The Bertz CT molecular complexity index is 185. The second-order valence-corrected chi connectivity index (χ2v) is 3.69. The smallest absolute Gasteiger partial charge is 0.133 e. The van der Waals surface area contributed by atoms with Crippen LogP contribution in [0.5, 0.6) is 0 Å². The number of Topliss-reactive ketones (excluding diaryl/α,β-unsaturated/α-hetero) is 1. The maximum atomic E-state index is 11.3. The van der Waals surface area contributed by atoms with Crippen molar-refractivity contribution in [2.45, 2.75) is 38.5 Å². The van der Waals surface area contributed by atoms with Crippen LogP contribution in [0, 0.1) is 5.92 Å². The van der Waals surface area contributed by atoms with Crippen LogP contribution in [0.25, 0.3) is 0 Å². The van der Waals surface area contributed by atoms with Gasteiger partial charge in [0, 0.05) is 19.4 Å². The average Bonchev–Trinajstić information content (AvgIpc) is 2.16. The minimum absolute atomic E-state index is 0.131. The Morgan fingerprint density at radius 1 is 1.54 bits per heavy atom. The molecule has 13 heavy (non-hydrogen) atoms. The molecule has 1 aliphatic rings. The summed E-state index contributed by atoms with van der Waals surface area (Å²) in [7, 11) is 0. The van der Waals surface area contributed by atoms with Gasteiger partial charge in [-0.2, -0.15) is 0 Å². The number of carbonyl (C=O) groups is 1. The van der Waals surface area contributed by atoms with E-state index >= 15 is 0 Å². The highest BCUT2D eigenvalue weighted by atomic mass is 16.3. The highest BCUT2D eigenvalue weighted by Crippen LogP contribution is 2.20. The molecular weight excluding hydrogens is 164 g/mol. The fraction of sp³-hybridized carbons (Fsp3) is 0.727. The summed E-state index contributed by atoms with van der Waals surface area (Å²) < 4.78 is 0. The molecule has 74 valence electrons. The molecule has 0 aromatic heterocycles. The molecule has 0 spiro atoms. The van der Waals surface area contributed by atoms with E-state index in [1.807, 2.05) is 0 Å². The number of aliphatic hydroxyl groups excluding tert-OH is 1. The molecule has 0 amide bonds. The average molecular weight is 182 g/mol. The van der Waals surface area contributed by atoms with E-state index in [1.165, 1.54) is 12.8 Å². The number of ketones is 1. The first kappa shape index (κ1) is 10.5. The maximum absolute atomic E-state index is 11.3. The minimum atomic E-state index is 0.131. The predicted octanol–water partition coefficient (Wildman–Crippen LogP) is 2.07. The van der Waals surface area contributed by atoms with E-state index in [2.05, 4.69) is 12.2 Å². The molecule has 0 aromatic carbocycles. The third kappa shape index (κ3) is 4.23. The van der Waals surface area contributed by atoms with Crippen molar-refractivity contribution in [2.75, 3.05) is 6.61 Å². The first-order chi connectivity index (χ1) is 6.33. The molecular formula is C11H18O2. The van der Waals surface area contributed by atoms with Crippen LogP contribution in [0.4, 0.5) is 0 Å². The first-order valence-electron chi connectivity index (χ1n) is 5.12. The summed E-state index contributed by atoms with van der Waals surface area (Å²) in [6.45, 7) is 0.131. The highest BCUT2D eigenvalue weighted by Gasteiger charge is 2.12. The molecule has 2 heteroatoms. The zero-order valence-electron chi connectivity index (χ0n) is 8.04. The molecule has 0 radical (unpaired) electrons. The quantitative estimate of drug-likeness (QED) is 0.661. The molecule has 0 saturated carbocycles. The van der Waals surface area contributed by atoms with Crippen molar-refractivity contribution >= 4 is 5.78 Å². The topological polar surface area (TPSA) is 37.3 Å². The minimum Gasteiger partial charge on any atom is -0.396 e. The fourth-order valence-electron chi connectivity index (χ4n) is 1.72. The van der Waals surface area contributed by atoms with Gasteiger partial charge >= 0.3 is 0 Å². The lowest BCUT2D eigenvalue weighted by atomic mass is 9.90. The van der Waals surface area contributed by atoms with Crippen LogP contribution < -0.4 is 0 Å². The highest BCUT2D eigenvalue weighted by molar-refractivity contribution is 5.78. The Kier molecular flexibility index (Phi) is 4.76. The van der Waals surface area contributed by atoms with Gasteiger partial charge in [-0.15, -0.1) is 0 Å². The van der Waals surface area contributed by atoms with Gasteiger partial charge in [-0.05, 0) is 31.6 Å². The molecule has 1 unspecified atom stereocenters. The molecule has 0 aliphatic heterocycles. The van der Waals surface area contributed by atoms with Crippen molar-refractivity contribution in [1.82, 2.24) is 0 Å². The normalized spacial score (nSPS) is 21.8. The van der Waals surface area contributed by atoms with Gasteiger partial charge in [0.1, 0.15) is 5.78 Å². The first-order valence-corrected chi connectivity index (χ1v) is 5.12. The molecule has 1 aliphatic carbocycles. The van der Waals surface area contributed by atoms with E-state index in [-0.39, 0.29) is 6.61 Å². The summed E-state index contributed by atoms with van der Waals surface area (Å²) >= 11 is 0. The number of aliphatic hydroxyl groups is 1. The fourth-order valence-corrected chi connectivity index (χ4v) is 1.72. The van der Waals surface area contributed by atoms with Crippen LogP contribution in [0.1, 0.15) is 38.5 Å². The van der Waals surface area contributed by atoms with Crippen molar-refractivity contribution in [3.05, 3.63) is 12.2 Å². The van der Waals surface area contributed by atoms with Crippen LogP contribution in [0.15, 0.2) is 12.2 Å². The summed E-state index contributed by atoms with van der Waals surface area (Å²) in [6.07, 6.45) is 9.72. The summed E-state index contributed by atoms with van der Waals surface area (Å²) in [4.78, 5) is 11.3. The van der Waals surface area contributed by atoms with Gasteiger partial charge in [0.15, 0.2) is 0 Å². The molecule has 0 aromatic rings. The van der Waals surface area contributed by atoms with Crippen molar-refractivity contribution in [3.8, 4) is 0 Å². The molecule has 1 rings (SSSR count). The summed E-state index contributed by atoms with van der Waals surface area (Å²) in [5, 5.41) is 8.55. The van der Waals surface area contributed by atoms with Crippen LogP contribution in [0.2, 0.25) is 0 Å². The summed E-state index contributed by atoms with van der Waals surface area (Å²) in [6, 6.07) is 0. The van der Waals surface area contributed by atoms with Gasteiger partial charge in [-0.3, -0.25) is 4.79 Å². The third-order valence-electron chi connectivity index (χ3n) is 2.46. The van der Waals surface area contributed by atoms with Crippen LogP contribution in [-0.2, 0) is 4.79 Å². The van der Waals surface area contributed by atoms with E-state index in [1.54, 1.807) is 0 Å². The van der Waals surface area contributed by atoms with Gasteiger partial charge in [0.2, 0.25) is 0 Å². The second kappa shape index (κ2) is 5.92. The Labute approximate surface area is 79.6 Å². The number of rotatable bonds is 5. The standard InChI is InChI=1S/C11H18O2/c12-8-4-7-11(13)9-10-5-2-1-3-6-10/h2,5,10,12H,1,3-4,6-9H2. The third-order valence-corrected chi connectivity index (χ3v) is 2.46.